The number of allylic oxidation sites excluding steroid dienone is 1. The molecule has 0 spiro atoms. The summed E-state index contributed by atoms with van der Waals surface area (Å²) in [6.07, 6.45) is 3.40. The first kappa shape index (κ1) is 19.8. The Morgan fingerprint density at radius 3 is 2.70 bits per heavy atom. The molecule has 1 heterocycles. The minimum Gasteiger partial charge on any atom is -0.462 e. The lowest BCUT2D eigenvalue weighted by atomic mass is 9.80. The molecule has 3 rings (SSSR count). The van der Waals surface area contributed by atoms with E-state index >= 15 is 0 Å². The molecule has 0 saturated heterocycles. The number of fused-ring (bicyclic) bond motifs is 1. The van der Waals surface area contributed by atoms with Crippen LogP contribution in [0.3, 0.4) is 0 Å². The number of carbonyl (C=O) groups is 1. The zero-order valence-corrected chi connectivity index (χ0v) is 17.7. The Labute approximate surface area is 167 Å². The fourth-order valence-corrected chi connectivity index (χ4v) is 5.02. The number of thioether (sulfide) groups is 1. The predicted octanol–water partition coefficient (Wildman–Crippen LogP) is 6.51. The molecule has 0 unspecified atom stereocenters. The third-order valence-electron chi connectivity index (χ3n) is 5.28. The van der Waals surface area contributed by atoms with Crippen LogP contribution in [-0.4, -0.2) is 18.3 Å². The molecule has 0 N–H and O–H groups in total. The van der Waals surface area contributed by atoms with Gasteiger partial charge in [0.2, 0.25) is 0 Å². The van der Waals surface area contributed by atoms with E-state index in [-0.39, 0.29) is 11.4 Å². The highest BCUT2D eigenvalue weighted by Gasteiger charge is 2.27. The van der Waals surface area contributed by atoms with Crippen molar-refractivity contribution in [1.29, 1.82) is 0 Å². The molecular weight excluding hydrogens is 352 g/mol. The minimum atomic E-state index is -0.253. The fraction of sp³-hybridized carbons (Fsp3) is 0.375. The van der Waals surface area contributed by atoms with Crippen LogP contribution >= 0.6 is 11.8 Å². The van der Waals surface area contributed by atoms with Gasteiger partial charge in [0, 0.05) is 4.90 Å². The number of esters is 1. The van der Waals surface area contributed by atoms with Crippen LogP contribution in [0.15, 0.2) is 41.3 Å². The first-order valence-corrected chi connectivity index (χ1v) is 10.5. The fourth-order valence-electron chi connectivity index (χ4n) is 3.53. The highest BCUT2D eigenvalue weighted by molar-refractivity contribution is 7.99. The molecule has 0 amide bonds. The highest BCUT2D eigenvalue weighted by Crippen LogP contribution is 2.42. The summed E-state index contributed by atoms with van der Waals surface area (Å²) in [5.74, 6) is 0.942. The molecular formula is C24H28O2S. The van der Waals surface area contributed by atoms with Crippen molar-refractivity contribution in [3.05, 3.63) is 64.2 Å². The van der Waals surface area contributed by atoms with Crippen molar-refractivity contribution >= 4 is 29.4 Å². The average Bonchev–Trinajstić information content (AvgIpc) is 2.61. The van der Waals surface area contributed by atoms with Crippen molar-refractivity contribution in [2.75, 3.05) is 12.4 Å². The zero-order chi connectivity index (χ0) is 19.6. The van der Waals surface area contributed by atoms with Gasteiger partial charge in [0.05, 0.1) is 12.2 Å². The van der Waals surface area contributed by atoms with Gasteiger partial charge >= 0.3 is 5.97 Å². The van der Waals surface area contributed by atoms with Crippen molar-refractivity contribution in [2.24, 2.45) is 0 Å². The van der Waals surface area contributed by atoms with E-state index in [0.29, 0.717) is 12.2 Å². The van der Waals surface area contributed by atoms with Gasteiger partial charge in [0.15, 0.2) is 0 Å². The summed E-state index contributed by atoms with van der Waals surface area (Å²) < 4.78 is 5.12. The molecule has 0 aliphatic carbocycles. The standard InChI is InChI=1S/C24H28O2S/c1-6-26-23(25)20-9-7-18(14-17(20)3)13-16(2)19-8-10-22-21(15-19)24(4,5)11-12-27-22/h7-10,13-15H,6,11-12H2,1-5H3/b16-13+. The molecule has 0 bridgehead atoms. The Bertz CT molecular complexity index is 893. The summed E-state index contributed by atoms with van der Waals surface area (Å²) in [5, 5.41) is 0. The molecule has 27 heavy (non-hydrogen) atoms. The van der Waals surface area contributed by atoms with E-state index in [1.54, 1.807) is 0 Å². The first-order valence-electron chi connectivity index (χ1n) is 9.55. The second kappa shape index (κ2) is 7.93. The molecule has 2 aromatic carbocycles. The average molecular weight is 381 g/mol. The molecule has 0 saturated carbocycles. The summed E-state index contributed by atoms with van der Waals surface area (Å²) in [6, 6.07) is 12.7. The van der Waals surface area contributed by atoms with Crippen molar-refractivity contribution in [2.45, 2.75) is 51.3 Å². The van der Waals surface area contributed by atoms with E-state index in [1.807, 2.05) is 43.8 Å². The van der Waals surface area contributed by atoms with Gasteiger partial charge in [-0.15, -0.1) is 11.8 Å². The number of aryl methyl sites for hydroxylation is 1. The minimum absolute atomic E-state index is 0.231. The van der Waals surface area contributed by atoms with Gasteiger partial charge in [-0.3, -0.25) is 0 Å². The molecule has 1 aliphatic heterocycles. The van der Waals surface area contributed by atoms with Crippen LogP contribution in [0.4, 0.5) is 0 Å². The van der Waals surface area contributed by atoms with Crippen LogP contribution in [0.2, 0.25) is 0 Å². The molecule has 0 atom stereocenters. The second-order valence-electron chi connectivity index (χ2n) is 7.82. The van der Waals surface area contributed by atoms with Gasteiger partial charge in [-0.2, -0.15) is 0 Å². The van der Waals surface area contributed by atoms with Crippen LogP contribution in [0.25, 0.3) is 11.6 Å². The summed E-state index contributed by atoms with van der Waals surface area (Å²) in [7, 11) is 0. The Morgan fingerprint density at radius 2 is 2.00 bits per heavy atom. The van der Waals surface area contributed by atoms with Crippen LogP contribution in [0.1, 0.15) is 66.7 Å². The third-order valence-corrected chi connectivity index (χ3v) is 6.35. The lowest BCUT2D eigenvalue weighted by molar-refractivity contribution is 0.0525. The van der Waals surface area contributed by atoms with E-state index in [9.17, 15) is 4.79 Å². The normalized spacial score (nSPS) is 16.0. The number of hydrogen-bond acceptors (Lipinski definition) is 3. The van der Waals surface area contributed by atoms with E-state index in [2.05, 4.69) is 45.0 Å². The number of rotatable bonds is 4. The van der Waals surface area contributed by atoms with E-state index in [4.69, 9.17) is 4.74 Å². The zero-order valence-electron chi connectivity index (χ0n) is 16.9. The van der Waals surface area contributed by atoms with Gasteiger partial charge in [0.1, 0.15) is 0 Å². The molecule has 0 radical (unpaired) electrons. The van der Waals surface area contributed by atoms with Gasteiger partial charge in [0.25, 0.3) is 0 Å². The summed E-state index contributed by atoms with van der Waals surface area (Å²) in [4.78, 5) is 13.4. The largest absolute Gasteiger partial charge is 0.462 e. The van der Waals surface area contributed by atoms with E-state index < -0.39 is 0 Å². The Morgan fingerprint density at radius 1 is 1.22 bits per heavy atom. The van der Waals surface area contributed by atoms with Crippen LogP contribution < -0.4 is 0 Å². The van der Waals surface area contributed by atoms with Gasteiger partial charge in [-0.1, -0.05) is 38.1 Å². The Balaban J connectivity index is 1.90. The molecule has 1 aliphatic rings. The number of ether oxygens (including phenoxy) is 1. The van der Waals surface area contributed by atoms with Gasteiger partial charge in [-0.05, 0) is 84.4 Å². The summed E-state index contributed by atoms with van der Waals surface area (Å²) in [6.45, 7) is 11.0. The van der Waals surface area contributed by atoms with E-state index in [1.165, 1.54) is 33.8 Å². The van der Waals surface area contributed by atoms with Crippen molar-refractivity contribution < 1.29 is 9.53 Å². The summed E-state index contributed by atoms with van der Waals surface area (Å²) >= 11 is 1.96. The predicted molar refractivity (Wildman–Crippen MR) is 115 cm³/mol. The Hall–Kier alpha value is -2.00. The monoisotopic (exact) mass is 380 g/mol. The maximum Gasteiger partial charge on any atom is 0.338 e. The lowest BCUT2D eigenvalue weighted by Crippen LogP contribution is -2.22. The maximum atomic E-state index is 12.0. The van der Waals surface area contributed by atoms with Crippen molar-refractivity contribution in [3.63, 3.8) is 0 Å². The smallest absolute Gasteiger partial charge is 0.338 e. The quantitative estimate of drug-likeness (QED) is 0.447. The molecule has 0 aromatic heterocycles. The van der Waals surface area contributed by atoms with Crippen LogP contribution in [0, 0.1) is 6.92 Å². The molecule has 3 heteroatoms. The topological polar surface area (TPSA) is 26.3 Å². The van der Waals surface area contributed by atoms with Crippen LogP contribution in [0.5, 0.6) is 0 Å². The highest BCUT2D eigenvalue weighted by atomic mass is 32.2. The SMILES string of the molecule is CCOC(=O)c1ccc(/C=C(\C)c2ccc3c(c2)C(C)(C)CCS3)cc1C. The maximum absolute atomic E-state index is 12.0. The lowest BCUT2D eigenvalue weighted by Gasteiger charge is -2.32. The van der Waals surface area contributed by atoms with Crippen molar-refractivity contribution in [1.82, 2.24) is 0 Å². The first-order chi connectivity index (χ1) is 12.8. The van der Waals surface area contributed by atoms with Crippen molar-refractivity contribution in [3.8, 4) is 0 Å². The molecule has 142 valence electrons. The molecule has 0 fully saturated rings. The van der Waals surface area contributed by atoms with E-state index in [0.717, 1.165) is 11.1 Å². The van der Waals surface area contributed by atoms with Crippen LogP contribution in [-0.2, 0) is 10.2 Å². The number of carbonyl (C=O) groups excluding carboxylic acids is 1. The second-order valence-corrected chi connectivity index (χ2v) is 8.95. The summed E-state index contributed by atoms with van der Waals surface area (Å²) in [5.41, 5.74) is 6.86. The third kappa shape index (κ3) is 4.30. The van der Waals surface area contributed by atoms with Gasteiger partial charge in [-0.25, -0.2) is 4.79 Å². The van der Waals surface area contributed by atoms with Gasteiger partial charge < -0.3 is 4.74 Å². The number of hydrogen-bond donors (Lipinski definition) is 0. The number of benzene rings is 2. The molecule has 2 nitrogen and oxygen atoms in total. The molecule has 2 aromatic rings. The Kier molecular flexibility index (Phi) is 5.81.